The van der Waals surface area contributed by atoms with Gasteiger partial charge < -0.3 is 14.4 Å². The summed E-state index contributed by atoms with van der Waals surface area (Å²) in [6.07, 6.45) is 1.11. The van der Waals surface area contributed by atoms with Crippen LogP contribution in [-0.2, 0) is 19.7 Å². The molecule has 0 spiro atoms. The second-order valence-electron chi connectivity index (χ2n) is 7.36. The van der Waals surface area contributed by atoms with Gasteiger partial charge >= 0.3 is 0 Å². The van der Waals surface area contributed by atoms with Crippen LogP contribution in [0.1, 0.15) is 30.1 Å². The molecule has 6 heteroatoms. The van der Waals surface area contributed by atoms with Crippen LogP contribution in [0.15, 0.2) is 53.0 Å². The molecule has 2 aromatic rings. The molecule has 0 aromatic heterocycles. The molecule has 1 amide bonds. The fourth-order valence-electron chi connectivity index (χ4n) is 4.13. The molecule has 2 heterocycles. The molecule has 0 radical (unpaired) electrons. The van der Waals surface area contributed by atoms with Crippen molar-refractivity contribution in [1.82, 2.24) is 4.90 Å². The van der Waals surface area contributed by atoms with Crippen molar-refractivity contribution < 1.29 is 18.7 Å². The molecular formula is C22H23BrFNO3. The summed E-state index contributed by atoms with van der Waals surface area (Å²) in [5.41, 5.74) is 1.36. The quantitative estimate of drug-likeness (QED) is 0.706. The summed E-state index contributed by atoms with van der Waals surface area (Å²) < 4.78 is 25.7. The van der Waals surface area contributed by atoms with Gasteiger partial charge in [-0.2, -0.15) is 0 Å². The van der Waals surface area contributed by atoms with Gasteiger partial charge in [0.15, 0.2) is 0 Å². The van der Waals surface area contributed by atoms with Crippen LogP contribution in [0.5, 0.6) is 0 Å². The van der Waals surface area contributed by atoms with E-state index in [1.54, 1.807) is 12.1 Å². The van der Waals surface area contributed by atoms with Crippen molar-refractivity contribution in [3.63, 3.8) is 0 Å². The van der Waals surface area contributed by atoms with Crippen LogP contribution in [0.2, 0.25) is 0 Å². The van der Waals surface area contributed by atoms with Gasteiger partial charge in [-0.1, -0.05) is 40.2 Å². The van der Waals surface area contributed by atoms with E-state index in [1.165, 1.54) is 12.1 Å². The second kappa shape index (κ2) is 8.31. The highest BCUT2D eigenvalue weighted by atomic mass is 79.9. The Hall–Kier alpha value is -1.76. The third-order valence-corrected chi connectivity index (χ3v) is 6.28. The van der Waals surface area contributed by atoms with Gasteiger partial charge in [-0.25, -0.2) is 4.39 Å². The van der Waals surface area contributed by atoms with Crippen molar-refractivity contribution in [1.29, 1.82) is 0 Å². The molecule has 2 aliphatic rings. The first kappa shape index (κ1) is 19.6. The third-order valence-electron chi connectivity index (χ3n) is 5.75. The van der Waals surface area contributed by atoms with Gasteiger partial charge in [0.2, 0.25) is 5.91 Å². The molecule has 4 nitrogen and oxygen atoms in total. The van der Waals surface area contributed by atoms with Gasteiger partial charge in [0.25, 0.3) is 0 Å². The largest absolute Gasteiger partial charge is 0.381 e. The van der Waals surface area contributed by atoms with Crippen molar-refractivity contribution in [3.8, 4) is 0 Å². The molecule has 2 saturated heterocycles. The lowest BCUT2D eigenvalue weighted by molar-refractivity contribution is -0.149. The Morgan fingerprint density at radius 3 is 2.39 bits per heavy atom. The maximum Gasteiger partial charge on any atom is 0.233 e. The van der Waals surface area contributed by atoms with E-state index in [9.17, 15) is 9.18 Å². The molecule has 0 aliphatic carbocycles. The van der Waals surface area contributed by atoms with E-state index in [0.717, 1.165) is 15.6 Å². The number of nitrogens with zero attached hydrogens (tertiary/aromatic N) is 1. The Bertz CT molecular complexity index is 819. The molecule has 28 heavy (non-hydrogen) atoms. The minimum absolute atomic E-state index is 0.133. The average Bonchev–Trinajstić information content (AvgIpc) is 2.75. The van der Waals surface area contributed by atoms with Crippen molar-refractivity contribution >= 4 is 21.8 Å². The summed E-state index contributed by atoms with van der Waals surface area (Å²) in [4.78, 5) is 15.6. The fraction of sp³-hybridized carbons (Fsp3) is 0.409. The number of benzene rings is 2. The zero-order valence-corrected chi connectivity index (χ0v) is 17.2. The first-order valence-corrected chi connectivity index (χ1v) is 10.4. The molecule has 0 saturated carbocycles. The Balaban J connectivity index is 1.59. The molecule has 2 aliphatic heterocycles. The third kappa shape index (κ3) is 3.86. The normalized spacial score (nSPS) is 22.1. The lowest BCUT2D eigenvalue weighted by Gasteiger charge is -2.42. The SMILES string of the molecule is O=C(N1CCOC(c2ccc(F)cc2)C1)C1(c2ccc(Br)cc2)CCOCC1. The van der Waals surface area contributed by atoms with Gasteiger partial charge in [0, 0.05) is 24.2 Å². The maximum absolute atomic E-state index is 13.7. The zero-order chi connectivity index (χ0) is 19.6. The van der Waals surface area contributed by atoms with Crippen LogP contribution in [0.4, 0.5) is 4.39 Å². The van der Waals surface area contributed by atoms with Gasteiger partial charge in [-0.15, -0.1) is 0 Å². The first-order valence-electron chi connectivity index (χ1n) is 9.59. The summed E-state index contributed by atoms with van der Waals surface area (Å²) in [6.45, 7) is 2.67. The minimum Gasteiger partial charge on any atom is -0.381 e. The Kier molecular flexibility index (Phi) is 5.80. The summed E-state index contributed by atoms with van der Waals surface area (Å²) in [7, 11) is 0. The predicted octanol–water partition coefficient (Wildman–Crippen LogP) is 4.24. The minimum atomic E-state index is -0.566. The Morgan fingerprint density at radius 1 is 1.04 bits per heavy atom. The molecule has 2 aromatic carbocycles. The van der Waals surface area contributed by atoms with Crippen LogP contribution in [0, 0.1) is 5.82 Å². The van der Waals surface area contributed by atoms with Crippen molar-refractivity contribution in [2.75, 3.05) is 32.9 Å². The maximum atomic E-state index is 13.7. The highest BCUT2D eigenvalue weighted by molar-refractivity contribution is 9.10. The van der Waals surface area contributed by atoms with E-state index in [1.807, 2.05) is 29.2 Å². The lowest BCUT2D eigenvalue weighted by atomic mass is 9.73. The van der Waals surface area contributed by atoms with E-state index in [-0.39, 0.29) is 17.8 Å². The fourth-order valence-corrected chi connectivity index (χ4v) is 4.39. The van der Waals surface area contributed by atoms with E-state index < -0.39 is 5.41 Å². The highest BCUT2D eigenvalue weighted by Crippen LogP contribution is 2.38. The number of rotatable bonds is 3. The standard InChI is InChI=1S/C22H23BrFNO3/c23-18-5-3-17(4-6-18)22(9-12-27-13-10-22)21(26)25-11-14-28-20(15-25)16-1-7-19(24)8-2-16/h1-8,20H,9-15H2. The summed E-state index contributed by atoms with van der Waals surface area (Å²) in [5.74, 6) is -0.141. The van der Waals surface area contributed by atoms with E-state index in [2.05, 4.69) is 15.9 Å². The monoisotopic (exact) mass is 447 g/mol. The number of amides is 1. The number of carbonyl (C=O) groups is 1. The van der Waals surface area contributed by atoms with Crippen molar-refractivity contribution in [2.24, 2.45) is 0 Å². The van der Waals surface area contributed by atoms with Gasteiger partial charge in [-0.05, 0) is 48.2 Å². The van der Waals surface area contributed by atoms with Crippen LogP contribution >= 0.6 is 15.9 Å². The summed E-state index contributed by atoms with van der Waals surface area (Å²) in [6, 6.07) is 14.4. The Morgan fingerprint density at radius 2 is 1.71 bits per heavy atom. The molecule has 1 atom stereocenters. The Labute approximate surface area is 172 Å². The number of hydrogen-bond donors (Lipinski definition) is 0. The summed E-state index contributed by atoms with van der Waals surface area (Å²) in [5, 5.41) is 0. The second-order valence-corrected chi connectivity index (χ2v) is 8.28. The lowest BCUT2D eigenvalue weighted by Crippen LogP contribution is -2.53. The molecule has 1 unspecified atom stereocenters. The molecule has 2 fully saturated rings. The summed E-state index contributed by atoms with van der Waals surface area (Å²) >= 11 is 3.48. The number of hydrogen-bond acceptors (Lipinski definition) is 3. The highest BCUT2D eigenvalue weighted by Gasteiger charge is 2.45. The topological polar surface area (TPSA) is 38.8 Å². The number of halogens is 2. The smallest absolute Gasteiger partial charge is 0.233 e. The van der Waals surface area contributed by atoms with Gasteiger partial charge in [0.05, 0.1) is 18.6 Å². The van der Waals surface area contributed by atoms with E-state index >= 15 is 0 Å². The zero-order valence-electron chi connectivity index (χ0n) is 15.6. The number of ether oxygens (including phenoxy) is 2. The van der Waals surface area contributed by atoms with Crippen LogP contribution in [0.3, 0.4) is 0 Å². The molecule has 148 valence electrons. The van der Waals surface area contributed by atoms with E-state index in [0.29, 0.717) is 45.8 Å². The molecule has 0 N–H and O–H groups in total. The van der Waals surface area contributed by atoms with Crippen molar-refractivity contribution in [3.05, 3.63) is 69.9 Å². The molecule has 4 rings (SSSR count). The van der Waals surface area contributed by atoms with Crippen molar-refractivity contribution in [2.45, 2.75) is 24.4 Å². The molecular weight excluding hydrogens is 425 g/mol. The number of morpholine rings is 1. The van der Waals surface area contributed by atoms with E-state index in [4.69, 9.17) is 9.47 Å². The first-order chi connectivity index (χ1) is 13.6. The molecule has 0 bridgehead atoms. The van der Waals surface area contributed by atoms with Gasteiger partial charge in [0.1, 0.15) is 11.9 Å². The average molecular weight is 448 g/mol. The predicted molar refractivity (Wildman–Crippen MR) is 108 cm³/mol. The van der Waals surface area contributed by atoms with Crippen LogP contribution < -0.4 is 0 Å². The van der Waals surface area contributed by atoms with Crippen LogP contribution in [-0.4, -0.2) is 43.7 Å². The number of carbonyl (C=O) groups excluding carboxylic acids is 1. The van der Waals surface area contributed by atoms with Crippen LogP contribution in [0.25, 0.3) is 0 Å². The van der Waals surface area contributed by atoms with Gasteiger partial charge in [-0.3, -0.25) is 4.79 Å².